The van der Waals surface area contributed by atoms with Gasteiger partial charge in [-0.1, -0.05) is 62.4 Å². The summed E-state index contributed by atoms with van der Waals surface area (Å²) in [6.07, 6.45) is 0.764. The number of amides is 1. The third-order valence-corrected chi connectivity index (χ3v) is 8.46. The average Bonchev–Trinajstić information content (AvgIpc) is 3.55. The fourth-order valence-electron chi connectivity index (χ4n) is 5.36. The third-order valence-electron chi connectivity index (χ3n) is 7.45. The summed E-state index contributed by atoms with van der Waals surface area (Å²) in [5.74, 6) is -0.841. The van der Waals surface area contributed by atoms with Gasteiger partial charge in [0.15, 0.2) is 5.13 Å². The maximum absolute atomic E-state index is 13.6. The van der Waals surface area contributed by atoms with E-state index in [9.17, 15) is 14.7 Å². The topological polar surface area (TPSA) is 79.7 Å². The summed E-state index contributed by atoms with van der Waals surface area (Å²) in [5, 5.41) is 12.0. The van der Waals surface area contributed by atoms with E-state index in [1.807, 2.05) is 68.4 Å². The molecule has 39 heavy (non-hydrogen) atoms. The molecule has 1 aromatic heterocycles. The number of rotatable bonds is 3. The van der Waals surface area contributed by atoms with E-state index in [2.05, 4.69) is 20.8 Å². The fourth-order valence-corrected chi connectivity index (χ4v) is 6.45. The van der Waals surface area contributed by atoms with Crippen LogP contribution in [0.5, 0.6) is 5.75 Å². The molecule has 1 N–H and O–H groups in total. The minimum atomic E-state index is -0.816. The lowest BCUT2D eigenvalue weighted by Crippen LogP contribution is -2.29. The smallest absolute Gasteiger partial charge is 0.301 e. The molecule has 2 aliphatic rings. The van der Waals surface area contributed by atoms with E-state index in [-0.39, 0.29) is 22.9 Å². The van der Waals surface area contributed by atoms with Gasteiger partial charge >= 0.3 is 5.91 Å². The Morgan fingerprint density at radius 1 is 1.05 bits per heavy atom. The SMILES string of the molecule is Cc1ccc2nc(N3C(=O)C(=O)C(=C(O)c4ccc5c(c4)C[C@@H](C)O5)[C@H]3c3ccc(C(C)(C)C)cc3)sc2c1. The number of nitrogens with zero attached hydrogens (tertiary/aromatic N) is 2. The molecule has 2 aliphatic heterocycles. The molecule has 4 aromatic rings. The summed E-state index contributed by atoms with van der Waals surface area (Å²) >= 11 is 1.37. The molecule has 198 valence electrons. The Morgan fingerprint density at radius 3 is 2.51 bits per heavy atom. The van der Waals surface area contributed by atoms with Gasteiger partial charge in [-0.15, -0.1) is 0 Å². The van der Waals surface area contributed by atoms with Crippen LogP contribution in [-0.4, -0.2) is 27.9 Å². The van der Waals surface area contributed by atoms with Crippen LogP contribution in [0.1, 0.15) is 61.6 Å². The van der Waals surface area contributed by atoms with Gasteiger partial charge in [0.2, 0.25) is 0 Å². The van der Waals surface area contributed by atoms with Crippen molar-refractivity contribution in [2.45, 2.75) is 58.6 Å². The lowest BCUT2D eigenvalue weighted by molar-refractivity contribution is -0.132. The van der Waals surface area contributed by atoms with Gasteiger partial charge in [0.1, 0.15) is 17.6 Å². The highest BCUT2D eigenvalue weighted by molar-refractivity contribution is 7.22. The molecule has 6 rings (SSSR count). The summed E-state index contributed by atoms with van der Waals surface area (Å²) < 4.78 is 6.74. The largest absolute Gasteiger partial charge is 0.507 e. The van der Waals surface area contributed by atoms with Crippen molar-refractivity contribution in [3.05, 3.63) is 94.1 Å². The second-order valence-electron chi connectivity index (χ2n) is 11.5. The Kier molecular flexibility index (Phi) is 5.88. The minimum Gasteiger partial charge on any atom is -0.507 e. The van der Waals surface area contributed by atoms with Crippen molar-refractivity contribution in [2.75, 3.05) is 4.90 Å². The van der Waals surface area contributed by atoms with Gasteiger partial charge in [-0.3, -0.25) is 14.5 Å². The number of fused-ring (bicyclic) bond motifs is 2. The second-order valence-corrected chi connectivity index (χ2v) is 12.5. The van der Waals surface area contributed by atoms with Gasteiger partial charge in [0, 0.05) is 12.0 Å². The van der Waals surface area contributed by atoms with Crippen LogP contribution in [0.3, 0.4) is 0 Å². The maximum atomic E-state index is 13.6. The highest BCUT2D eigenvalue weighted by Gasteiger charge is 2.48. The zero-order valence-electron chi connectivity index (χ0n) is 22.6. The van der Waals surface area contributed by atoms with Crippen molar-refractivity contribution < 1.29 is 19.4 Å². The summed E-state index contributed by atoms with van der Waals surface area (Å²) in [7, 11) is 0. The molecule has 3 aromatic carbocycles. The van der Waals surface area contributed by atoms with Crippen LogP contribution in [0, 0.1) is 6.92 Å². The number of ketones is 1. The molecule has 0 spiro atoms. The maximum Gasteiger partial charge on any atom is 0.301 e. The summed E-state index contributed by atoms with van der Waals surface area (Å²) in [5.41, 5.74) is 5.17. The van der Waals surface area contributed by atoms with Crippen molar-refractivity contribution >= 4 is 44.1 Å². The summed E-state index contributed by atoms with van der Waals surface area (Å²) in [6.45, 7) is 10.4. The molecule has 7 heteroatoms. The number of hydrogen-bond acceptors (Lipinski definition) is 6. The number of aliphatic hydroxyl groups is 1. The quantitative estimate of drug-likeness (QED) is 0.175. The standard InChI is InChI=1S/C32H30N2O4S/c1-17-6-12-23-25(14-17)39-31(33-23)34-27(19-7-10-22(11-8-19)32(3,4)5)26(29(36)30(34)37)28(35)20-9-13-24-21(16-20)15-18(2)38-24/h6-14,16,18,27,35H,15H2,1-5H3/t18-,27-/m1/s1. The first kappa shape index (κ1) is 25.3. The van der Waals surface area contributed by atoms with Crippen LogP contribution in [0.4, 0.5) is 5.13 Å². The molecular formula is C32H30N2O4S. The molecular weight excluding hydrogens is 508 g/mol. The van der Waals surface area contributed by atoms with E-state index in [1.54, 1.807) is 6.07 Å². The first-order valence-corrected chi connectivity index (χ1v) is 13.9. The first-order chi connectivity index (χ1) is 18.5. The van der Waals surface area contributed by atoms with E-state index in [0.717, 1.165) is 38.2 Å². The summed E-state index contributed by atoms with van der Waals surface area (Å²) in [6, 6.07) is 18.4. The molecule has 2 atom stereocenters. The Hall–Kier alpha value is -3.97. The van der Waals surface area contributed by atoms with Crippen molar-refractivity contribution in [3.8, 4) is 5.75 Å². The van der Waals surface area contributed by atoms with Crippen molar-refractivity contribution in [1.82, 2.24) is 4.98 Å². The van der Waals surface area contributed by atoms with Gasteiger partial charge in [0.05, 0.1) is 21.8 Å². The molecule has 0 saturated carbocycles. The average molecular weight is 539 g/mol. The predicted octanol–water partition coefficient (Wildman–Crippen LogP) is 6.85. The van der Waals surface area contributed by atoms with Gasteiger partial charge in [-0.25, -0.2) is 4.98 Å². The third kappa shape index (κ3) is 4.31. The molecule has 0 radical (unpaired) electrons. The van der Waals surface area contributed by atoms with E-state index in [4.69, 9.17) is 9.72 Å². The van der Waals surface area contributed by atoms with Crippen LogP contribution >= 0.6 is 11.3 Å². The lowest BCUT2D eigenvalue weighted by Gasteiger charge is -2.24. The van der Waals surface area contributed by atoms with Gasteiger partial charge in [-0.2, -0.15) is 0 Å². The Labute approximate surface area is 231 Å². The van der Waals surface area contributed by atoms with Crippen LogP contribution in [0.2, 0.25) is 0 Å². The molecule has 1 fully saturated rings. The summed E-state index contributed by atoms with van der Waals surface area (Å²) in [4.78, 5) is 33.4. The van der Waals surface area contributed by atoms with E-state index >= 15 is 0 Å². The van der Waals surface area contributed by atoms with E-state index in [1.165, 1.54) is 16.2 Å². The van der Waals surface area contributed by atoms with Crippen molar-refractivity contribution in [1.29, 1.82) is 0 Å². The minimum absolute atomic E-state index is 0.0481. The fraction of sp³-hybridized carbons (Fsp3) is 0.281. The van der Waals surface area contributed by atoms with Crippen LogP contribution in [0.15, 0.2) is 66.2 Å². The van der Waals surface area contributed by atoms with Crippen LogP contribution < -0.4 is 9.64 Å². The highest BCUT2D eigenvalue weighted by atomic mass is 32.1. The van der Waals surface area contributed by atoms with Crippen molar-refractivity contribution in [3.63, 3.8) is 0 Å². The molecule has 0 aliphatic carbocycles. The number of carbonyl (C=O) groups is 2. The number of benzene rings is 3. The number of aromatic nitrogens is 1. The number of Topliss-reactive ketones (excluding diaryl/α,β-unsaturated/α-hetero) is 1. The number of carbonyl (C=O) groups excluding carboxylic acids is 2. The van der Waals surface area contributed by atoms with Gasteiger partial charge in [0.25, 0.3) is 5.78 Å². The van der Waals surface area contributed by atoms with Gasteiger partial charge < -0.3 is 9.84 Å². The zero-order chi connectivity index (χ0) is 27.6. The van der Waals surface area contributed by atoms with Crippen molar-refractivity contribution in [2.24, 2.45) is 0 Å². The molecule has 6 nitrogen and oxygen atoms in total. The zero-order valence-corrected chi connectivity index (χ0v) is 23.4. The number of aliphatic hydroxyl groups excluding tert-OH is 1. The molecule has 0 bridgehead atoms. The van der Waals surface area contributed by atoms with Gasteiger partial charge in [-0.05, 0) is 71.8 Å². The predicted molar refractivity (Wildman–Crippen MR) is 155 cm³/mol. The van der Waals surface area contributed by atoms with E-state index < -0.39 is 17.7 Å². The first-order valence-electron chi connectivity index (χ1n) is 13.1. The number of aryl methyl sites for hydroxylation is 1. The van der Waals surface area contributed by atoms with E-state index in [0.29, 0.717) is 17.1 Å². The van der Waals surface area contributed by atoms with Crippen LogP contribution in [-0.2, 0) is 21.4 Å². The molecule has 3 heterocycles. The normalized spacial score (nSPS) is 20.5. The molecule has 1 saturated heterocycles. The lowest BCUT2D eigenvalue weighted by atomic mass is 9.85. The Morgan fingerprint density at radius 2 is 1.79 bits per heavy atom. The Balaban J connectivity index is 1.53. The monoisotopic (exact) mass is 538 g/mol. The highest BCUT2D eigenvalue weighted by Crippen LogP contribution is 2.45. The molecule has 0 unspecified atom stereocenters. The number of hydrogen-bond donors (Lipinski definition) is 1. The Bertz CT molecular complexity index is 1680. The molecule has 1 amide bonds. The van der Waals surface area contributed by atoms with Crippen LogP contribution in [0.25, 0.3) is 16.0 Å². The number of thiazole rings is 1. The number of ether oxygens (including phenoxy) is 1. The second kappa shape index (κ2) is 9.06. The number of anilines is 1.